The fraction of sp³-hybridized carbons (Fsp3) is 0.308. The molecular formula is C13H14BrFN2S. The SMILES string of the molecule is CNC(Cc1nc(C)cs1)c1ccc(Br)cc1F. The molecule has 2 aromatic rings. The van der Waals surface area contributed by atoms with Crippen molar-refractivity contribution in [2.75, 3.05) is 7.05 Å². The van der Waals surface area contributed by atoms with Gasteiger partial charge in [0.05, 0.1) is 5.01 Å². The Bertz CT molecular complexity index is 542. The van der Waals surface area contributed by atoms with E-state index in [1.807, 2.05) is 25.4 Å². The van der Waals surface area contributed by atoms with Gasteiger partial charge in [-0.2, -0.15) is 0 Å². The zero-order valence-electron chi connectivity index (χ0n) is 10.2. The molecule has 5 heteroatoms. The molecule has 96 valence electrons. The number of rotatable bonds is 4. The van der Waals surface area contributed by atoms with E-state index in [-0.39, 0.29) is 11.9 Å². The van der Waals surface area contributed by atoms with Crippen molar-refractivity contribution in [1.29, 1.82) is 0 Å². The first-order chi connectivity index (χ1) is 8.60. The molecule has 1 unspecified atom stereocenters. The lowest BCUT2D eigenvalue weighted by molar-refractivity contribution is 0.532. The second-order valence-corrected chi connectivity index (χ2v) is 5.95. The standard InChI is InChI=1S/C13H14BrFN2S/c1-8-7-18-13(17-8)6-12(16-2)10-4-3-9(14)5-11(10)15/h3-5,7,12,16H,6H2,1-2H3. The molecule has 0 spiro atoms. The summed E-state index contributed by atoms with van der Waals surface area (Å²) in [5.41, 5.74) is 1.69. The molecule has 2 nitrogen and oxygen atoms in total. The van der Waals surface area contributed by atoms with Gasteiger partial charge in [-0.25, -0.2) is 9.37 Å². The smallest absolute Gasteiger partial charge is 0.129 e. The summed E-state index contributed by atoms with van der Waals surface area (Å²) in [6.45, 7) is 1.97. The van der Waals surface area contributed by atoms with E-state index in [1.165, 1.54) is 6.07 Å². The molecule has 18 heavy (non-hydrogen) atoms. The van der Waals surface area contributed by atoms with Gasteiger partial charge in [0.2, 0.25) is 0 Å². The number of hydrogen-bond acceptors (Lipinski definition) is 3. The lowest BCUT2D eigenvalue weighted by Crippen LogP contribution is -2.20. The van der Waals surface area contributed by atoms with Crippen molar-refractivity contribution < 1.29 is 4.39 Å². The van der Waals surface area contributed by atoms with Gasteiger partial charge < -0.3 is 5.32 Å². The molecule has 1 N–H and O–H groups in total. The van der Waals surface area contributed by atoms with Gasteiger partial charge in [0, 0.05) is 33.6 Å². The molecule has 1 aromatic carbocycles. The van der Waals surface area contributed by atoms with Gasteiger partial charge in [-0.05, 0) is 26.1 Å². The predicted octanol–water partition coefficient (Wildman–Crippen LogP) is 3.86. The molecule has 2 rings (SSSR count). The number of aromatic nitrogens is 1. The van der Waals surface area contributed by atoms with Crippen LogP contribution in [0.2, 0.25) is 0 Å². The maximum Gasteiger partial charge on any atom is 0.129 e. The number of nitrogens with zero attached hydrogens (tertiary/aromatic N) is 1. The first-order valence-electron chi connectivity index (χ1n) is 5.63. The van der Waals surface area contributed by atoms with Crippen LogP contribution in [0.5, 0.6) is 0 Å². The molecule has 0 radical (unpaired) electrons. The van der Waals surface area contributed by atoms with Crippen molar-refractivity contribution in [2.24, 2.45) is 0 Å². The van der Waals surface area contributed by atoms with Gasteiger partial charge in [-0.15, -0.1) is 11.3 Å². The first kappa shape index (κ1) is 13.6. The molecule has 0 bridgehead atoms. The zero-order valence-corrected chi connectivity index (χ0v) is 12.6. The second-order valence-electron chi connectivity index (χ2n) is 4.09. The Morgan fingerprint density at radius 1 is 1.50 bits per heavy atom. The Hall–Kier alpha value is -0.780. The number of aryl methyl sites for hydroxylation is 1. The summed E-state index contributed by atoms with van der Waals surface area (Å²) >= 11 is 4.88. The van der Waals surface area contributed by atoms with Crippen LogP contribution in [0.25, 0.3) is 0 Å². The van der Waals surface area contributed by atoms with Crippen LogP contribution < -0.4 is 5.32 Å². The first-order valence-corrected chi connectivity index (χ1v) is 7.30. The van der Waals surface area contributed by atoms with Gasteiger partial charge in [-0.1, -0.05) is 22.0 Å². The number of halogens is 2. The molecule has 0 aliphatic rings. The summed E-state index contributed by atoms with van der Waals surface area (Å²) in [5.74, 6) is -0.197. The summed E-state index contributed by atoms with van der Waals surface area (Å²) in [6, 6.07) is 5.10. The van der Waals surface area contributed by atoms with Crippen molar-refractivity contribution in [3.05, 3.63) is 50.1 Å². The van der Waals surface area contributed by atoms with E-state index in [9.17, 15) is 4.39 Å². The number of likely N-dealkylation sites (N-methyl/N-ethyl adjacent to an activating group) is 1. The molecule has 0 aliphatic carbocycles. The Balaban J connectivity index is 2.22. The van der Waals surface area contributed by atoms with Crippen molar-refractivity contribution in [2.45, 2.75) is 19.4 Å². The van der Waals surface area contributed by atoms with Crippen molar-refractivity contribution in [3.8, 4) is 0 Å². The average molecular weight is 329 g/mol. The van der Waals surface area contributed by atoms with Crippen LogP contribution in [0.3, 0.4) is 0 Å². The van der Waals surface area contributed by atoms with E-state index in [1.54, 1.807) is 17.4 Å². The number of hydrogen-bond donors (Lipinski definition) is 1. The lowest BCUT2D eigenvalue weighted by Gasteiger charge is -2.16. The fourth-order valence-corrected chi connectivity index (χ4v) is 2.97. The lowest BCUT2D eigenvalue weighted by atomic mass is 10.0. The molecule has 0 saturated heterocycles. The third-order valence-corrected chi connectivity index (χ3v) is 4.21. The average Bonchev–Trinajstić information content (AvgIpc) is 2.72. The summed E-state index contributed by atoms with van der Waals surface area (Å²) in [5, 5.41) is 6.18. The van der Waals surface area contributed by atoms with E-state index in [4.69, 9.17) is 0 Å². The van der Waals surface area contributed by atoms with Crippen LogP contribution in [0.4, 0.5) is 4.39 Å². The van der Waals surface area contributed by atoms with Gasteiger partial charge in [-0.3, -0.25) is 0 Å². The third-order valence-electron chi connectivity index (χ3n) is 2.73. The molecule has 1 heterocycles. The van der Waals surface area contributed by atoms with Crippen LogP contribution >= 0.6 is 27.3 Å². The highest BCUT2D eigenvalue weighted by molar-refractivity contribution is 9.10. The fourth-order valence-electron chi connectivity index (χ4n) is 1.82. The number of benzene rings is 1. The molecule has 0 fully saturated rings. The van der Waals surface area contributed by atoms with E-state index in [2.05, 4.69) is 26.2 Å². The third kappa shape index (κ3) is 3.16. The molecule has 0 saturated carbocycles. The molecule has 0 aliphatic heterocycles. The predicted molar refractivity (Wildman–Crippen MR) is 76.5 cm³/mol. The normalized spacial score (nSPS) is 12.7. The van der Waals surface area contributed by atoms with Gasteiger partial charge >= 0.3 is 0 Å². The molecule has 0 amide bonds. The van der Waals surface area contributed by atoms with Crippen molar-refractivity contribution in [1.82, 2.24) is 10.3 Å². The minimum absolute atomic E-state index is 0.0522. The Morgan fingerprint density at radius 2 is 2.28 bits per heavy atom. The van der Waals surface area contributed by atoms with Crippen molar-refractivity contribution >= 4 is 27.3 Å². The largest absolute Gasteiger partial charge is 0.313 e. The maximum atomic E-state index is 13.9. The highest BCUT2D eigenvalue weighted by Crippen LogP contribution is 2.24. The van der Waals surface area contributed by atoms with Gasteiger partial charge in [0.25, 0.3) is 0 Å². The number of thiazole rings is 1. The van der Waals surface area contributed by atoms with Crippen LogP contribution in [-0.4, -0.2) is 12.0 Å². The topological polar surface area (TPSA) is 24.9 Å². The minimum atomic E-state index is -0.197. The summed E-state index contributed by atoms with van der Waals surface area (Å²) in [6.07, 6.45) is 0.702. The maximum absolute atomic E-state index is 13.9. The molecule has 1 atom stereocenters. The van der Waals surface area contributed by atoms with Crippen LogP contribution in [0.15, 0.2) is 28.1 Å². The molecule has 1 aromatic heterocycles. The minimum Gasteiger partial charge on any atom is -0.313 e. The van der Waals surface area contributed by atoms with Crippen LogP contribution in [-0.2, 0) is 6.42 Å². The van der Waals surface area contributed by atoms with E-state index in [0.717, 1.165) is 15.2 Å². The van der Waals surface area contributed by atoms with E-state index >= 15 is 0 Å². The monoisotopic (exact) mass is 328 g/mol. The highest BCUT2D eigenvalue weighted by atomic mass is 79.9. The van der Waals surface area contributed by atoms with E-state index < -0.39 is 0 Å². The van der Waals surface area contributed by atoms with E-state index in [0.29, 0.717) is 12.0 Å². The Morgan fingerprint density at radius 3 is 2.83 bits per heavy atom. The van der Waals surface area contributed by atoms with Gasteiger partial charge in [0.1, 0.15) is 5.82 Å². The van der Waals surface area contributed by atoms with Crippen molar-refractivity contribution in [3.63, 3.8) is 0 Å². The van der Waals surface area contributed by atoms with Crippen LogP contribution in [0, 0.1) is 12.7 Å². The van der Waals surface area contributed by atoms with Crippen LogP contribution in [0.1, 0.15) is 22.3 Å². The number of nitrogens with one attached hydrogen (secondary N) is 1. The summed E-state index contributed by atoms with van der Waals surface area (Å²) in [4.78, 5) is 4.42. The summed E-state index contributed by atoms with van der Waals surface area (Å²) < 4.78 is 14.7. The molecular weight excluding hydrogens is 315 g/mol. The zero-order chi connectivity index (χ0) is 13.1. The second kappa shape index (κ2) is 5.91. The quantitative estimate of drug-likeness (QED) is 0.921. The summed E-state index contributed by atoms with van der Waals surface area (Å²) in [7, 11) is 1.84. The van der Waals surface area contributed by atoms with Gasteiger partial charge in [0.15, 0.2) is 0 Å². The Labute approximate surface area is 118 Å². The Kier molecular flexibility index (Phi) is 4.48. The highest BCUT2D eigenvalue weighted by Gasteiger charge is 2.16.